The van der Waals surface area contributed by atoms with Gasteiger partial charge in [0.25, 0.3) is 0 Å². The first-order chi connectivity index (χ1) is 20.4. The van der Waals surface area contributed by atoms with E-state index >= 15 is 0 Å². The van der Waals surface area contributed by atoms with Gasteiger partial charge in [-0.1, -0.05) is 85.7 Å². The van der Waals surface area contributed by atoms with Crippen molar-refractivity contribution in [1.29, 1.82) is 0 Å². The van der Waals surface area contributed by atoms with Gasteiger partial charge in [0.2, 0.25) is 0 Å². The van der Waals surface area contributed by atoms with Crippen molar-refractivity contribution in [1.82, 2.24) is 9.97 Å². The summed E-state index contributed by atoms with van der Waals surface area (Å²) in [5, 5.41) is 3.84. The number of pyridine rings is 2. The maximum Gasteiger partial charge on any atom is 0.139 e. The first-order valence-corrected chi connectivity index (χ1v) is 18.2. The smallest absolute Gasteiger partial charge is 0.139 e. The summed E-state index contributed by atoms with van der Waals surface area (Å²) in [6.45, 7) is 7.10. The van der Waals surface area contributed by atoms with E-state index in [0.717, 1.165) is 27.2 Å². The molecule has 7 aromatic rings. The van der Waals surface area contributed by atoms with E-state index in [0.29, 0.717) is 0 Å². The maximum atomic E-state index is 13.0. The Labute approximate surface area is 270 Å². The number of rotatable bonds is 4. The summed E-state index contributed by atoms with van der Waals surface area (Å²) < 4.78 is 15.4. The average Bonchev–Trinajstić information content (AvgIpc) is 3.41. The molecule has 3 aromatic heterocycles. The molecule has 4 aromatic carbocycles. The van der Waals surface area contributed by atoms with Gasteiger partial charge in [-0.15, -0.1) is 59.7 Å². The van der Waals surface area contributed by atoms with E-state index in [-0.39, 0.29) is 25.9 Å². The van der Waals surface area contributed by atoms with E-state index in [4.69, 9.17) is 4.98 Å². The number of thiophene rings is 1. The zero-order chi connectivity index (χ0) is 29.1. The van der Waals surface area contributed by atoms with E-state index in [2.05, 4.69) is 104 Å². The van der Waals surface area contributed by atoms with E-state index < -0.39 is 8.07 Å². The first kappa shape index (κ1) is 30.6. The number of fused-ring (bicyclic) bond motifs is 3. The molecule has 3 heterocycles. The van der Waals surface area contributed by atoms with Gasteiger partial charge in [0.15, 0.2) is 0 Å². The number of halogens is 1. The van der Waals surface area contributed by atoms with Crippen LogP contribution in [0.4, 0.5) is 4.39 Å². The molecule has 0 saturated heterocycles. The molecule has 6 heteroatoms. The number of hydrogen-bond donors (Lipinski definition) is 0. The van der Waals surface area contributed by atoms with Crippen LogP contribution in [0.25, 0.3) is 53.8 Å². The van der Waals surface area contributed by atoms with Crippen molar-refractivity contribution in [2.24, 2.45) is 0 Å². The van der Waals surface area contributed by atoms with Gasteiger partial charge in [-0.2, -0.15) is 11.3 Å². The SMILES string of the molecule is C[Si](C)(C)c1cnc(-c2[c-]cccc2)cc1-c1ccccc1.Fc1ccc(-c2[c-]ccc3c2sc2ccccc23)nc1.[Ir]. The molecule has 0 aliphatic heterocycles. The van der Waals surface area contributed by atoms with Crippen molar-refractivity contribution < 1.29 is 24.5 Å². The van der Waals surface area contributed by atoms with E-state index in [1.165, 1.54) is 44.0 Å². The number of benzene rings is 4. The molecule has 2 nitrogen and oxygen atoms in total. The Hall–Kier alpha value is -3.80. The van der Waals surface area contributed by atoms with Crippen molar-refractivity contribution in [3.8, 4) is 33.6 Å². The van der Waals surface area contributed by atoms with Crippen LogP contribution < -0.4 is 5.19 Å². The van der Waals surface area contributed by atoms with Crippen LogP contribution in [0, 0.1) is 17.9 Å². The van der Waals surface area contributed by atoms with Gasteiger partial charge >= 0.3 is 0 Å². The van der Waals surface area contributed by atoms with Gasteiger partial charge in [-0.05, 0) is 49.9 Å². The third-order valence-corrected chi connectivity index (χ3v) is 10.3. The quantitative estimate of drug-likeness (QED) is 0.132. The first-order valence-electron chi connectivity index (χ1n) is 13.9. The largest absolute Gasteiger partial charge is 0.305 e. The second-order valence-electron chi connectivity index (χ2n) is 11.1. The molecule has 0 aliphatic rings. The zero-order valence-corrected chi connectivity index (χ0v) is 28.3. The maximum absolute atomic E-state index is 13.0. The van der Waals surface area contributed by atoms with Crippen molar-refractivity contribution >= 4 is 44.8 Å². The molecule has 0 fully saturated rings. The Balaban J connectivity index is 0.000000168. The van der Waals surface area contributed by atoms with Crippen molar-refractivity contribution in [3.05, 3.63) is 140 Å². The van der Waals surface area contributed by atoms with Gasteiger partial charge in [0, 0.05) is 31.0 Å². The molecule has 0 bridgehead atoms. The molecular weight excluding hydrogens is 744 g/mol. The number of nitrogens with zero attached hydrogens (tertiary/aromatic N) is 2. The summed E-state index contributed by atoms with van der Waals surface area (Å²) in [4.78, 5) is 8.87. The molecule has 1 radical (unpaired) electrons. The molecule has 0 spiro atoms. The van der Waals surface area contributed by atoms with Crippen LogP contribution >= 0.6 is 11.3 Å². The molecule has 0 atom stereocenters. The molecular formula is C37H29FIrN2SSi-2. The summed E-state index contributed by atoms with van der Waals surface area (Å²) in [5.41, 5.74) is 6.29. The van der Waals surface area contributed by atoms with Crippen molar-refractivity contribution in [2.45, 2.75) is 19.6 Å². The molecule has 0 aliphatic carbocycles. The van der Waals surface area contributed by atoms with Gasteiger partial charge in [0.1, 0.15) is 5.82 Å². The second-order valence-corrected chi connectivity index (χ2v) is 17.2. The Morgan fingerprint density at radius 3 is 2.16 bits per heavy atom. The molecule has 0 unspecified atom stereocenters. The summed E-state index contributed by atoms with van der Waals surface area (Å²) in [7, 11) is -1.46. The molecule has 215 valence electrons. The number of hydrogen-bond acceptors (Lipinski definition) is 3. The topological polar surface area (TPSA) is 25.8 Å². The third-order valence-electron chi connectivity index (χ3n) is 7.10. The summed E-state index contributed by atoms with van der Waals surface area (Å²) >= 11 is 1.72. The minimum Gasteiger partial charge on any atom is -0.305 e. The summed E-state index contributed by atoms with van der Waals surface area (Å²) in [5.74, 6) is -0.322. The Kier molecular flexibility index (Phi) is 9.43. The van der Waals surface area contributed by atoms with Gasteiger partial charge in [-0.3, -0.25) is 0 Å². The normalized spacial score (nSPS) is 11.1. The van der Waals surface area contributed by atoms with E-state index in [1.54, 1.807) is 17.4 Å². The van der Waals surface area contributed by atoms with Crippen LogP contribution in [-0.2, 0) is 20.1 Å². The zero-order valence-electron chi connectivity index (χ0n) is 24.1. The van der Waals surface area contributed by atoms with E-state index in [9.17, 15) is 4.39 Å². The van der Waals surface area contributed by atoms with Crippen LogP contribution in [0.2, 0.25) is 19.6 Å². The number of aromatic nitrogens is 2. The third kappa shape index (κ3) is 6.74. The van der Waals surface area contributed by atoms with Crippen LogP contribution in [0.3, 0.4) is 0 Å². The summed E-state index contributed by atoms with van der Waals surface area (Å²) in [6, 6.07) is 42.8. The molecule has 7 rings (SSSR count). The molecule has 0 saturated carbocycles. The minimum absolute atomic E-state index is 0. The Bertz CT molecular complexity index is 1970. The minimum atomic E-state index is -1.46. The summed E-state index contributed by atoms with van der Waals surface area (Å²) in [6.07, 6.45) is 3.32. The predicted octanol–water partition coefficient (Wildman–Crippen LogP) is 9.81. The predicted molar refractivity (Wildman–Crippen MR) is 178 cm³/mol. The molecule has 0 N–H and O–H groups in total. The van der Waals surface area contributed by atoms with E-state index in [1.807, 2.05) is 36.4 Å². The second kappa shape index (κ2) is 13.2. The fraction of sp³-hybridized carbons (Fsp3) is 0.0811. The Morgan fingerprint density at radius 2 is 1.44 bits per heavy atom. The van der Waals surface area contributed by atoms with Gasteiger partial charge in [0.05, 0.1) is 14.3 Å². The van der Waals surface area contributed by atoms with Crippen LogP contribution in [0.15, 0.2) is 122 Å². The van der Waals surface area contributed by atoms with Crippen molar-refractivity contribution in [2.75, 3.05) is 0 Å². The fourth-order valence-corrected chi connectivity index (χ4v) is 7.70. The average molecular weight is 773 g/mol. The van der Waals surface area contributed by atoms with Crippen LogP contribution in [-0.4, -0.2) is 18.0 Å². The molecule has 43 heavy (non-hydrogen) atoms. The Morgan fingerprint density at radius 1 is 0.698 bits per heavy atom. The van der Waals surface area contributed by atoms with Gasteiger partial charge < -0.3 is 9.97 Å². The molecule has 0 amide bonds. The fourth-order valence-electron chi connectivity index (χ4n) is 5.01. The van der Waals surface area contributed by atoms with Crippen molar-refractivity contribution in [3.63, 3.8) is 0 Å². The van der Waals surface area contributed by atoms with Crippen LogP contribution in [0.1, 0.15) is 0 Å². The van der Waals surface area contributed by atoms with Gasteiger partial charge in [-0.25, -0.2) is 4.39 Å². The standard InChI is InChI=1S/C20H20NSi.C17H9FNS.Ir/c1-22(2,3)20-15-21-19(17-12-8-5-9-13-17)14-18(20)16-10-6-4-7-11-16;18-11-8-9-15(19-10-11)14-6-3-5-13-12-4-1-2-7-16(12)20-17(13)14;/h4-12,14-15H,1-3H3;1-5,7-10H;/q2*-1;. The monoisotopic (exact) mass is 773 g/mol. The van der Waals surface area contributed by atoms with Crippen LogP contribution in [0.5, 0.6) is 0 Å².